The van der Waals surface area contributed by atoms with Crippen molar-refractivity contribution >= 4 is 0 Å². The van der Waals surface area contributed by atoms with Crippen LogP contribution in [0.2, 0.25) is 0 Å². The molecule has 0 saturated carbocycles. The minimum absolute atomic E-state index is 0. The fraction of sp³-hybridized carbons (Fsp3) is 0. The van der Waals surface area contributed by atoms with Crippen molar-refractivity contribution in [2.75, 3.05) is 0 Å². The van der Waals surface area contributed by atoms with Gasteiger partial charge in [-0.05, 0) is 0 Å². The predicted molar refractivity (Wildman–Crippen MR) is 0 cm³/mol. The molecule has 0 aliphatic carbocycles. The molecule has 0 atom stereocenters. The van der Waals surface area contributed by atoms with E-state index in [0.29, 0.717) is 0 Å². The summed E-state index contributed by atoms with van der Waals surface area (Å²) in [6, 6.07) is 0. The topological polar surface area (TPSA) is 0 Å². The fourth-order valence-electron chi connectivity index (χ4n) is 0. The zero-order valence-electron chi connectivity index (χ0n) is 4.06. The van der Waals surface area contributed by atoms with E-state index in [1.54, 1.807) is 0 Å². The Morgan fingerprint density at radius 2 is 0.333 bits per heavy atom. The van der Waals surface area contributed by atoms with Gasteiger partial charge in [0.2, 0.25) is 0 Å². The molecule has 0 N–H and O–H groups in total. The summed E-state index contributed by atoms with van der Waals surface area (Å²) < 4.78 is 0. The summed E-state index contributed by atoms with van der Waals surface area (Å²) in [5, 5.41) is 0. The molecule has 0 fully saturated rings. The van der Waals surface area contributed by atoms with Crippen molar-refractivity contribution in [3.05, 3.63) is 0 Å². The van der Waals surface area contributed by atoms with Crippen molar-refractivity contribution in [2.24, 2.45) is 0 Å². The summed E-state index contributed by atoms with van der Waals surface area (Å²) in [6.45, 7) is 0. The summed E-state index contributed by atoms with van der Waals surface area (Å²) in [4.78, 5) is 0. The molecule has 0 spiro atoms. The molecule has 9 heavy (non-hydrogen) atoms. The third-order valence-electron chi connectivity index (χ3n) is 0. The molecule has 0 bridgehead atoms. The molecule has 0 aromatic heterocycles. The van der Waals surface area contributed by atoms with Gasteiger partial charge in [-0.3, -0.25) is 0 Å². The molecule has 0 aromatic carbocycles. The zero-order valence-corrected chi connectivity index (χ0v) is 15.7. The largest absolute Gasteiger partial charge is 2.00 e. The number of hydrogen-bond acceptors (Lipinski definition) is 0. The van der Waals surface area contributed by atoms with E-state index in [-0.39, 0.29) is 130 Å². The van der Waals surface area contributed by atoms with Gasteiger partial charge in [-0.25, -0.2) is 0 Å². The van der Waals surface area contributed by atoms with E-state index in [1.165, 1.54) is 0 Å². The first-order valence-electron chi connectivity index (χ1n) is 0. The van der Waals surface area contributed by atoms with E-state index in [4.69, 9.17) is 0 Å². The van der Waals surface area contributed by atoms with Gasteiger partial charge in [0.15, 0.2) is 0 Å². The van der Waals surface area contributed by atoms with Crippen LogP contribution in [0.15, 0.2) is 0 Å². The predicted octanol–water partition coefficient (Wildman–Crippen LogP) is -18.0. The van der Waals surface area contributed by atoms with Gasteiger partial charge in [-0.1, -0.05) is 0 Å². The number of rotatable bonds is 0. The normalized spacial score (nSPS) is 0. The van der Waals surface area contributed by atoms with Crippen molar-refractivity contribution in [1.29, 1.82) is 0 Å². The molecule has 0 unspecified atom stereocenters. The molecule has 0 nitrogen and oxygen atoms in total. The maximum atomic E-state index is 0. The molecular formula is Cl6MnZn2. The van der Waals surface area contributed by atoms with Crippen molar-refractivity contribution < 1.29 is 130 Å². The van der Waals surface area contributed by atoms with Gasteiger partial charge in [-0.2, -0.15) is 0 Å². The van der Waals surface area contributed by atoms with E-state index in [2.05, 4.69) is 0 Å². The zero-order chi connectivity index (χ0) is 0. The maximum absolute atomic E-state index is 0. The van der Waals surface area contributed by atoms with Crippen LogP contribution in [0.3, 0.4) is 0 Å². The smallest absolute Gasteiger partial charge is 1.00 e. The van der Waals surface area contributed by atoms with Crippen molar-refractivity contribution in [3.63, 3.8) is 0 Å². The first-order chi connectivity index (χ1) is 0. The molecule has 0 aliphatic heterocycles. The molecule has 9 heteroatoms. The quantitative estimate of drug-likeness (QED) is 0.356. The van der Waals surface area contributed by atoms with Crippen LogP contribution in [-0.4, -0.2) is 0 Å². The Balaban J connectivity index is 0. The van der Waals surface area contributed by atoms with Crippen LogP contribution in [0.1, 0.15) is 0 Å². The Hall–Kier alpha value is 3.51. The third-order valence-corrected chi connectivity index (χ3v) is 0. The Kier molecular flexibility index (Phi) is 1550. The van der Waals surface area contributed by atoms with E-state index in [1.807, 2.05) is 0 Å². The van der Waals surface area contributed by atoms with Crippen molar-refractivity contribution in [2.45, 2.75) is 0 Å². The molecule has 0 rings (SSSR count). The van der Waals surface area contributed by atoms with Crippen LogP contribution in [0.25, 0.3) is 0 Å². The summed E-state index contributed by atoms with van der Waals surface area (Å²) >= 11 is 0. The standard InChI is InChI=1S/6ClH.Mn.2Zn/h6*1H;;;/q;;;;;;3*+2/p-6. The molecule has 0 amide bonds. The van der Waals surface area contributed by atoms with Gasteiger partial charge >= 0.3 is 56.0 Å². The molecule has 53 valence electrons. The van der Waals surface area contributed by atoms with Crippen molar-refractivity contribution in [1.82, 2.24) is 0 Å². The summed E-state index contributed by atoms with van der Waals surface area (Å²) in [6.07, 6.45) is 0. The van der Waals surface area contributed by atoms with Crippen LogP contribution in [-0.2, 0) is 56.0 Å². The average Bonchev–Trinajstić information content (AvgIpc) is 0. The first kappa shape index (κ1) is 135. The maximum Gasteiger partial charge on any atom is 2.00 e. The molecule has 0 aromatic rings. The monoisotopic (exact) mass is 393 g/mol. The molecule has 1 radical (unpaired) electrons. The number of halogens is 6. The SMILES string of the molecule is [Cl-].[Cl-].[Cl-].[Cl-].[Cl-].[Cl-].[Mn+2].[Zn+2].[Zn+2]. The average molecular weight is 398 g/mol. The second-order valence-electron chi connectivity index (χ2n) is 0. The molecule has 0 saturated heterocycles. The van der Waals surface area contributed by atoms with Gasteiger partial charge in [0, 0.05) is 0 Å². The van der Waals surface area contributed by atoms with Gasteiger partial charge in [0.1, 0.15) is 0 Å². The van der Waals surface area contributed by atoms with Gasteiger partial charge < -0.3 is 74.4 Å². The van der Waals surface area contributed by atoms with E-state index in [0.717, 1.165) is 0 Å². The number of hydrogen-bond donors (Lipinski definition) is 0. The van der Waals surface area contributed by atoms with Crippen LogP contribution in [0.5, 0.6) is 0 Å². The minimum atomic E-state index is 0. The van der Waals surface area contributed by atoms with Gasteiger partial charge in [-0.15, -0.1) is 0 Å². The second-order valence-corrected chi connectivity index (χ2v) is 0. The van der Waals surface area contributed by atoms with Crippen LogP contribution in [0.4, 0.5) is 0 Å². The van der Waals surface area contributed by atoms with E-state index >= 15 is 0 Å². The van der Waals surface area contributed by atoms with E-state index in [9.17, 15) is 0 Å². The first-order valence-corrected chi connectivity index (χ1v) is 0. The summed E-state index contributed by atoms with van der Waals surface area (Å²) in [5.41, 5.74) is 0. The van der Waals surface area contributed by atoms with Crippen LogP contribution in [0, 0.1) is 0 Å². The minimum Gasteiger partial charge on any atom is -1.00 e. The third kappa shape index (κ3) is 84.6. The van der Waals surface area contributed by atoms with Crippen LogP contribution < -0.4 is 74.4 Å². The van der Waals surface area contributed by atoms with Crippen LogP contribution >= 0.6 is 0 Å². The van der Waals surface area contributed by atoms with Crippen molar-refractivity contribution in [3.8, 4) is 0 Å². The summed E-state index contributed by atoms with van der Waals surface area (Å²) in [7, 11) is 0. The fourth-order valence-corrected chi connectivity index (χ4v) is 0. The Morgan fingerprint density at radius 3 is 0.333 bits per heavy atom. The Labute approximate surface area is 129 Å². The Bertz CT molecular complexity index is 11.0. The van der Waals surface area contributed by atoms with Gasteiger partial charge in [0.25, 0.3) is 0 Å². The molecular weight excluding hydrogens is 398 g/mol. The molecule has 0 heterocycles. The summed E-state index contributed by atoms with van der Waals surface area (Å²) in [5.74, 6) is 0. The molecule has 0 aliphatic rings. The van der Waals surface area contributed by atoms with E-state index < -0.39 is 0 Å². The second kappa shape index (κ2) is 103. The van der Waals surface area contributed by atoms with Gasteiger partial charge in [0.05, 0.1) is 0 Å². The Morgan fingerprint density at radius 1 is 0.333 bits per heavy atom.